The monoisotopic (exact) mass is 262 g/mol. The van der Waals surface area contributed by atoms with E-state index in [9.17, 15) is 0 Å². The second-order valence-corrected chi connectivity index (χ2v) is 5.62. The van der Waals surface area contributed by atoms with Crippen LogP contribution in [0.25, 0.3) is 0 Å². The highest BCUT2D eigenvalue weighted by molar-refractivity contribution is 5.47. The number of methoxy groups -OCH3 is 1. The molecule has 4 heteroatoms. The van der Waals surface area contributed by atoms with Gasteiger partial charge in [0, 0.05) is 38.4 Å². The van der Waals surface area contributed by atoms with Crippen LogP contribution in [0.5, 0.6) is 0 Å². The van der Waals surface area contributed by atoms with Crippen LogP contribution in [-0.4, -0.2) is 32.5 Å². The number of ether oxygens (including phenoxy) is 2. The third-order valence-corrected chi connectivity index (χ3v) is 4.42. The molecule has 4 nitrogen and oxygen atoms in total. The van der Waals surface area contributed by atoms with Crippen molar-refractivity contribution < 1.29 is 9.47 Å². The van der Waals surface area contributed by atoms with Crippen molar-refractivity contribution in [3.8, 4) is 0 Å². The fourth-order valence-electron chi connectivity index (χ4n) is 3.12. The molecule has 2 unspecified atom stereocenters. The van der Waals surface area contributed by atoms with Gasteiger partial charge >= 0.3 is 0 Å². The first-order chi connectivity index (χ1) is 9.22. The fraction of sp³-hybridized carbons (Fsp3) is 0.600. The largest absolute Gasteiger partial charge is 0.399 e. The molecule has 0 amide bonds. The van der Waals surface area contributed by atoms with Gasteiger partial charge in [0.2, 0.25) is 0 Å². The van der Waals surface area contributed by atoms with Gasteiger partial charge in [-0.3, -0.25) is 0 Å². The highest BCUT2D eigenvalue weighted by atomic mass is 16.5. The van der Waals surface area contributed by atoms with Crippen molar-refractivity contribution in [2.45, 2.75) is 30.9 Å². The summed E-state index contributed by atoms with van der Waals surface area (Å²) in [5.74, 6) is 0. The van der Waals surface area contributed by atoms with Crippen LogP contribution >= 0.6 is 0 Å². The molecule has 1 aromatic carbocycles. The van der Waals surface area contributed by atoms with Crippen molar-refractivity contribution in [1.29, 1.82) is 0 Å². The predicted molar refractivity (Wildman–Crippen MR) is 75.1 cm³/mol. The topological polar surface area (TPSA) is 56.5 Å². The van der Waals surface area contributed by atoms with Crippen molar-refractivity contribution in [3.05, 3.63) is 29.3 Å². The summed E-state index contributed by atoms with van der Waals surface area (Å²) >= 11 is 0. The Kier molecular flexibility index (Phi) is 3.48. The quantitative estimate of drug-likeness (QED) is 0.810. The number of benzene rings is 1. The molecule has 1 aliphatic heterocycles. The maximum atomic E-state index is 5.84. The zero-order valence-electron chi connectivity index (χ0n) is 11.4. The van der Waals surface area contributed by atoms with Crippen molar-refractivity contribution in [1.82, 2.24) is 5.32 Å². The second-order valence-electron chi connectivity index (χ2n) is 5.62. The molecule has 0 radical (unpaired) electrons. The lowest BCUT2D eigenvalue weighted by atomic mass is 10.0. The normalized spacial score (nSPS) is 29.6. The lowest BCUT2D eigenvalue weighted by molar-refractivity contribution is -0.0175. The molecule has 1 aromatic rings. The van der Waals surface area contributed by atoms with E-state index in [-0.39, 0.29) is 5.60 Å². The van der Waals surface area contributed by atoms with Gasteiger partial charge in [-0.25, -0.2) is 0 Å². The van der Waals surface area contributed by atoms with E-state index in [1.165, 1.54) is 11.1 Å². The van der Waals surface area contributed by atoms with Crippen LogP contribution in [0.3, 0.4) is 0 Å². The lowest BCUT2D eigenvalue weighted by Crippen LogP contribution is -2.43. The summed E-state index contributed by atoms with van der Waals surface area (Å²) in [6.45, 7) is 2.34. The molecule has 3 N–H and O–H groups in total. The van der Waals surface area contributed by atoms with Crippen molar-refractivity contribution >= 4 is 5.69 Å². The Morgan fingerprint density at radius 3 is 3.16 bits per heavy atom. The number of nitrogens with one attached hydrogen (secondary N) is 1. The molecule has 0 spiro atoms. The molecule has 2 atom stereocenters. The van der Waals surface area contributed by atoms with E-state index < -0.39 is 0 Å². The van der Waals surface area contributed by atoms with Crippen LogP contribution in [0.1, 0.15) is 30.0 Å². The number of hydrogen-bond donors (Lipinski definition) is 2. The summed E-state index contributed by atoms with van der Waals surface area (Å²) in [6.07, 6.45) is 3.21. The van der Waals surface area contributed by atoms with Gasteiger partial charge in [-0.1, -0.05) is 6.07 Å². The Morgan fingerprint density at radius 2 is 2.42 bits per heavy atom. The molecule has 1 aliphatic carbocycles. The van der Waals surface area contributed by atoms with E-state index in [0.717, 1.165) is 38.1 Å². The summed E-state index contributed by atoms with van der Waals surface area (Å²) in [4.78, 5) is 0. The summed E-state index contributed by atoms with van der Waals surface area (Å²) in [6, 6.07) is 6.66. The molecular weight excluding hydrogens is 240 g/mol. The average molecular weight is 262 g/mol. The summed E-state index contributed by atoms with van der Waals surface area (Å²) in [7, 11) is 1.78. The Hall–Kier alpha value is -1.10. The second kappa shape index (κ2) is 5.12. The van der Waals surface area contributed by atoms with Crippen molar-refractivity contribution in [3.63, 3.8) is 0 Å². The van der Waals surface area contributed by atoms with Gasteiger partial charge in [-0.05, 0) is 36.1 Å². The first-order valence-corrected chi connectivity index (χ1v) is 6.97. The molecule has 2 aliphatic rings. The number of hydrogen-bond acceptors (Lipinski definition) is 4. The van der Waals surface area contributed by atoms with Crippen molar-refractivity contribution in [2.24, 2.45) is 0 Å². The van der Waals surface area contributed by atoms with E-state index in [0.29, 0.717) is 12.6 Å². The molecule has 104 valence electrons. The van der Waals surface area contributed by atoms with Crippen LogP contribution in [0.4, 0.5) is 5.69 Å². The highest BCUT2D eigenvalue weighted by Crippen LogP contribution is 2.33. The van der Waals surface area contributed by atoms with Crippen LogP contribution in [0.2, 0.25) is 0 Å². The van der Waals surface area contributed by atoms with Gasteiger partial charge in [0.1, 0.15) is 5.60 Å². The lowest BCUT2D eigenvalue weighted by Gasteiger charge is -2.28. The maximum Gasteiger partial charge on any atom is 0.106 e. The zero-order chi connectivity index (χ0) is 13.3. The summed E-state index contributed by atoms with van der Waals surface area (Å²) in [5, 5.41) is 3.65. The standard InChI is InChI=1S/C15H22N2O2/c1-18-15(6-7-19-10-15)9-17-14-5-2-11-8-12(16)3-4-13(11)14/h3-4,8,14,17H,2,5-7,9-10,16H2,1H3. The number of fused-ring (bicyclic) bond motifs is 1. The molecule has 0 aromatic heterocycles. The SMILES string of the molecule is COC1(CNC2CCc3cc(N)ccc32)CCOC1. The minimum Gasteiger partial charge on any atom is -0.399 e. The van der Waals surface area contributed by atoms with E-state index in [4.69, 9.17) is 15.2 Å². The summed E-state index contributed by atoms with van der Waals surface area (Å²) in [5.41, 5.74) is 9.32. The minimum absolute atomic E-state index is 0.142. The van der Waals surface area contributed by atoms with Crippen LogP contribution in [-0.2, 0) is 15.9 Å². The molecule has 3 rings (SSSR count). The number of rotatable bonds is 4. The number of anilines is 1. The minimum atomic E-state index is -0.142. The van der Waals surface area contributed by atoms with Gasteiger partial charge in [0.05, 0.1) is 6.61 Å². The van der Waals surface area contributed by atoms with Gasteiger partial charge in [-0.2, -0.15) is 0 Å². The molecule has 1 saturated heterocycles. The maximum absolute atomic E-state index is 5.84. The molecule has 0 bridgehead atoms. The summed E-state index contributed by atoms with van der Waals surface area (Å²) < 4.78 is 11.1. The Balaban J connectivity index is 1.66. The van der Waals surface area contributed by atoms with Crippen LogP contribution in [0, 0.1) is 0 Å². The van der Waals surface area contributed by atoms with E-state index in [2.05, 4.69) is 17.4 Å². The number of aryl methyl sites for hydroxylation is 1. The Bertz CT molecular complexity index is 455. The van der Waals surface area contributed by atoms with Gasteiger partial charge in [-0.15, -0.1) is 0 Å². The first kappa shape index (κ1) is 12.9. The van der Waals surface area contributed by atoms with E-state index >= 15 is 0 Å². The Morgan fingerprint density at radius 1 is 1.53 bits per heavy atom. The molecule has 1 heterocycles. The van der Waals surface area contributed by atoms with Gasteiger partial charge in [0.25, 0.3) is 0 Å². The predicted octanol–water partition coefficient (Wildman–Crippen LogP) is 1.65. The van der Waals surface area contributed by atoms with E-state index in [1.54, 1.807) is 7.11 Å². The number of nitrogen functional groups attached to an aromatic ring is 1. The van der Waals surface area contributed by atoms with Gasteiger partial charge < -0.3 is 20.5 Å². The van der Waals surface area contributed by atoms with Crippen LogP contribution < -0.4 is 11.1 Å². The molecule has 0 saturated carbocycles. The molecular formula is C15H22N2O2. The van der Waals surface area contributed by atoms with Gasteiger partial charge in [0.15, 0.2) is 0 Å². The van der Waals surface area contributed by atoms with E-state index in [1.807, 2.05) is 6.07 Å². The highest BCUT2D eigenvalue weighted by Gasteiger charge is 2.36. The van der Waals surface area contributed by atoms with Crippen LogP contribution in [0.15, 0.2) is 18.2 Å². The Labute approximate surface area is 114 Å². The number of nitrogens with two attached hydrogens (primary N) is 1. The first-order valence-electron chi connectivity index (χ1n) is 6.97. The third kappa shape index (κ3) is 2.48. The zero-order valence-corrected chi connectivity index (χ0v) is 11.4. The third-order valence-electron chi connectivity index (χ3n) is 4.42. The molecule has 19 heavy (non-hydrogen) atoms. The smallest absolute Gasteiger partial charge is 0.106 e. The fourth-order valence-corrected chi connectivity index (χ4v) is 3.12. The average Bonchev–Trinajstić information content (AvgIpc) is 3.03. The molecule has 1 fully saturated rings. The van der Waals surface area contributed by atoms with Crippen molar-refractivity contribution in [2.75, 3.05) is 32.6 Å².